The third-order valence-corrected chi connectivity index (χ3v) is 4.37. The van der Waals surface area contributed by atoms with E-state index in [1.807, 2.05) is 11.8 Å². The van der Waals surface area contributed by atoms with Crippen molar-refractivity contribution in [1.29, 1.82) is 0 Å². The van der Waals surface area contributed by atoms with Gasteiger partial charge in [0, 0.05) is 17.0 Å². The molecule has 12 heavy (non-hydrogen) atoms. The Morgan fingerprint density at radius 2 is 1.92 bits per heavy atom. The largest absolute Gasteiger partial charge is 0.327 e. The van der Waals surface area contributed by atoms with E-state index in [9.17, 15) is 0 Å². The summed E-state index contributed by atoms with van der Waals surface area (Å²) in [6, 6.07) is 0.469. The molecule has 2 atom stereocenters. The van der Waals surface area contributed by atoms with Crippen molar-refractivity contribution in [3.63, 3.8) is 0 Å². The van der Waals surface area contributed by atoms with Crippen LogP contribution in [0.15, 0.2) is 0 Å². The smallest absolute Gasteiger partial charge is 0.0159 e. The average Bonchev–Trinajstić information content (AvgIpc) is 2.81. The summed E-state index contributed by atoms with van der Waals surface area (Å²) < 4.78 is 0. The number of nitrogens with two attached hydrogens (primary N) is 1. The van der Waals surface area contributed by atoms with Crippen molar-refractivity contribution in [2.24, 2.45) is 17.6 Å². The molecule has 0 aromatic rings. The summed E-state index contributed by atoms with van der Waals surface area (Å²) in [7, 11) is 0. The molecule has 2 unspecified atom stereocenters. The van der Waals surface area contributed by atoms with E-state index in [0.717, 1.165) is 22.8 Å². The summed E-state index contributed by atoms with van der Waals surface area (Å²) in [6.45, 7) is 6.86. The van der Waals surface area contributed by atoms with Crippen LogP contribution in [-0.4, -0.2) is 17.0 Å². The second-order valence-corrected chi connectivity index (χ2v) is 5.69. The molecule has 0 saturated heterocycles. The number of thioether (sulfide) groups is 1. The van der Waals surface area contributed by atoms with Crippen LogP contribution in [0.1, 0.15) is 33.6 Å². The Balaban J connectivity index is 2.07. The van der Waals surface area contributed by atoms with Crippen LogP contribution in [0.5, 0.6) is 0 Å². The van der Waals surface area contributed by atoms with E-state index >= 15 is 0 Å². The van der Waals surface area contributed by atoms with Gasteiger partial charge in [-0.2, -0.15) is 11.8 Å². The Kier molecular flexibility index (Phi) is 3.91. The maximum atomic E-state index is 6.01. The minimum absolute atomic E-state index is 0.469. The average molecular weight is 187 g/mol. The van der Waals surface area contributed by atoms with Gasteiger partial charge in [-0.15, -0.1) is 0 Å². The molecule has 0 amide bonds. The van der Waals surface area contributed by atoms with Crippen molar-refractivity contribution in [2.45, 2.75) is 44.9 Å². The lowest BCUT2D eigenvalue weighted by Gasteiger charge is -2.17. The highest BCUT2D eigenvalue weighted by Gasteiger charge is 2.28. The third-order valence-electron chi connectivity index (χ3n) is 2.72. The molecule has 0 radical (unpaired) electrons. The van der Waals surface area contributed by atoms with Crippen molar-refractivity contribution in [3.05, 3.63) is 0 Å². The zero-order valence-corrected chi connectivity index (χ0v) is 9.23. The second-order valence-electron chi connectivity index (χ2n) is 4.28. The summed E-state index contributed by atoms with van der Waals surface area (Å²) in [6.07, 6.45) is 2.75. The molecule has 0 heterocycles. The van der Waals surface area contributed by atoms with Crippen LogP contribution in [0.2, 0.25) is 0 Å². The van der Waals surface area contributed by atoms with Gasteiger partial charge in [-0.3, -0.25) is 0 Å². The molecule has 1 rings (SSSR count). The van der Waals surface area contributed by atoms with Crippen molar-refractivity contribution in [1.82, 2.24) is 0 Å². The molecule has 1 aliphatic carbocycles. The minimum Gasteiger partial charge on any atom is -0.327 e. The first kappa shape index (κ1) is 10.4. The monoisotopic (exact) mass is 187 g/mol. The van der Waals surface area contributed by atoms with E-state index in [2.05, 4.69) is 20.8 Å². The lowest BCUT2D eigenvalue weighted by molar-refractivity contribution is 0.629. The fourth-order valence-electron chi connectivity index (χ4n) is 1.12. The van der Waals surface area contributed by atoms with Crippen molar-refractivity contribution in [2.75, 3.05) is 5.75 Å². The molecule has 1 nitrogen and oxygen atoms in total. The quantitative estimate of drug-likeness (QED) is 0.715. The van der Waals surface area contributed by atoms with E-state index in [4.69, 9.17) is 5.73 Å². The van der Waals surface area contributed by atoms with E-state index in [1.54, 1.807) is 0 Å². The Labute approximate surface area is 80.5 Å². The van der Waals surface area contributed by atoms with Crippen molar-refractivity contribution >= 4 is 11.8 Å². The van der Waals surface area contributed by atoms with E-state index in [-0.39, 0.29) is 0 Å². The SMILES string of the molecule is CC(C)C(C)SCC(N)C1CC1. The van der Waals surface area contributed by atoms with Gasteiger partial charge >= 0.3 is 0 Å². The standard InChI is InChI=1S/C10H21NS/c1-7(2)8(3)12-6-10(11)9-4-5-9/h7-10H,4-6,11H2,1-3H3. The van der Waals surface area contributed by atoms with Gasteiger partial charge in [0.05, 0.1) is 0 Å². The summed E-state index contributed by atoms with van der Waals surface area (Å²) in [4.78, 5) is 0. The van der Waals surface area contributed by atoms with Crippen LogP contribution >= 0.6 is 11.8 Å². The van der Waals surface area contributed by atoms with Crippen LogP contribution in [-0.2, 0) is 0 Å². The molecule has 0 spiro atoms. The number of hydrogen-bond acceptors (Lipinski definition) is 2. The molecule has 1 aliphatic rings. The van der Waals surface area contributed by atoms with Gasteiger partial charge < -0.3 is 5.73 Å². The summed E-state index contributed by atoms with van der Waals surface area (Å²) in [5.41, 5.74) is 6.01. The molecule has 0 bridgehead atoms. The zero-order chi connectivity index (χ0) is 9.14. The Bertz CT molecular complexity index is 124. The molecule has 0 aliphatic heterocycles. The van der Waals surface area contributed by atoms with Gasteiger partial charge in [0.15, 0.2) is 0 Å². The predicted molar refractivity (Wildman–Crippen MR) is 57.5 cm³/mol. The Hall–Kier alpha value is 0.310. The van der Waals surface area contributed by atoms with E-state index < -0.39 is 0 Å². The Morgan fingerprint density at radius 3 is 2.33 bits per heavy atom. The first-order chi connectivity index (χ1) is 5.61. The van der Waals surface area contributed by atoms with Crippen LogP contribution in [0.25, 0.3) is 0 Å². The Morgan fingerprint density at radius 1 is 1.33 bits per heavy atom. The van der Waals surface area contributed by atoms with Gasteiger partial charge in [0.1, 0.15) is 0 Å². The van der Waals surface area contributed by atoms with Gasteiger partial charge in [-0.25, -0.2) is 0 Å². The number of rotatable bonds is 5. The maximum Gasteiger partial charge on any atom is 0.0159 e. The van der Waals surface area contributed by atoms with E-state index in [0.29, 0.717) is 6.04 Å². The van der Waals surface area contributed by atoms with Crippen LogP contribution in [0, 0.1) is 11.8 Å². The van der Waals surface area contributed by atoms with Gasteiger partial charge in [0.25, 0.3) is 0 Å². The molecule has 1 saturated carbocycles. The minimum atomic E-state index is 0.469. The predicted octanol–water partition coefficient (Wildman–Crippen LogP) is 2.50. The first-order valence-electron chi connectivity index (χ1n) is 4.98. The maximum absolute atomic E-state index is 6.01. The summed E-state index contributed by atoms with van der Waals surface area (Å²) >= 11 is 2.04. The van der Waals surface area contributed by atoms with Crippen LogP contribution < -0.4 is 5.73 Å². The fourth-order valence-corrected chi connectivity index (χ4v) is 2.30. The van der Waals surface area contributed by atoms with Gasteiger partial charge in [-0.05, 0) is 24.7 Å². The first-order valence-corrected chi connectivity index (χ1v) is 6.03. The zero-order valence-electron chi connectivity index (χ0n) is 8.42. The molecule has 72 valence electrons. The summed E-state index contributed by atoms with van der Waals surface area (Å²) in [5.74, 6) is 2.79. The highest BCUT2D eigenvalue weighted by atomic mass is 32.2. The molecule has 0 aromatic heterocycles. The molecular formula is C10H21NS. The van der Waals surface area contributed by atoms with Crippen molar-refractivity contribution in [3.8, 4) is 0 Å². The van der Waals surface area contributed by atoms with Crippen LogP contribution in [0.4, 0.5) is 0 Å². The summed E-state index contributed by atoms with van der Waals surface area (Å²) in [5, 5.41) is 0.759. The van der Waals surface area contributed by atoms with Gasteiger partial charge in [0.2, 0.25) is 0 Å². The van der Waals surface area contributed by atoms with Crippen LogP contribution in [0.3, 0.4) is 0 Å². The topological polar surface area (TPSA) is 26.0 Å². The number of hydrogen-bond donors (Lipinski definition) is 1. The normalized spacial score (nSPS) is 22.8. The lowest BCUT2D eigenvalue weighted by Crippen LogP contribution is -2.26. The molecule has 2 heteroatoms. The fraction of sp³-hybridized carbons (Fsp3) is 1.00. The van der Waals surface area contributed by atoms with Gasteiger partial charge in [-0.1, -0.05) is 20.8 Å². The second kappa shape index (κ2) is 4.52. The highest BCUT2D eigenvalue weighted by molar-refractivity contribution is 7.99. The molecule has 2 N–H and O–H groups in total. The molecule has 1 fully saturated rings. The lowest BCUT2D eigenvalue weighted by atomic mass is 10.2. The highest BCUT2D eigenvalue weighted by Crippen LogP contribution is 2.33. The van der Waals surface area contributed by atoms with E-state index in [1.165, 1.54) is 12.8 Å². The van der Waals surface area contributed by atoms with Crippen molar-refractivity contribution < 1.29 is 0 Å². The third kappa shape index (κ3) is 3.36. The molecular weight excluding hydrogens is 166 g/mol. The molecule has 0 aromatic carbocycles.